The molecule has 1 saturated heterocycles. The molecular formula is C26H23NO4S. The Morgan fingerprint density at radius 3 is 2.47 bits per heavy atom. The number of aliphatic hydroxyl groups is 1. The maximum absolute atomic E-state index is 13.1. The number of fused-ring (bicyclic) bond motifs is 1. The highest BCUT2D eigenvalue weighted by molar-refractivity contribution is 7.09. The molecule has 1 unspecified atom stereocenters. The SMILES string of the molecule is O=C1C(=O)N(Cc2cccs2)C(c2ccc(O)cc2)/C1=C(/O)c1ccc2c(c1)CCCC2. The van der Waals surface area contributed by atoms with E-state index in [9.17, 15) is 19.8 Å². The number of carbonyl (C=O) groups excluding carboxylic acids is 2. The van der Waals surface area contributed by atoms with Gasteiger partial charge in [0.1, 0.15) is 11.5 Å². The summed E-state index contributed by atoms with van der Waals surface area (Å²) in [5.74, 6) is -1.37. The highest BCUT2D eigenvalue weighted by atomic mass is 32.1. The molecule has 2 aliphatic rings. The van der Waals surface area contributed by atoms with Gasteiger partial charge in [0, 0.05) is 10.4 Å². The normalized spacial score (nSPS) is 19.9. The number of rotatable bonds is 4. The predicted molar refractivity (Wildman–Crippen MR) is 123 cm³/mol. The zero-order valence-electron chi connectivity index (χ0n) is 17.5. The topological polar surface area (TPSA) is 77.8 Å². The molecule has 0 spiro atoms. The standard InChI is InChI=1S/C26H23NO4S/c28-20-11-9-17(10-12-20)23-22(25(30)26(31)27(23)15-21-6-3-13-32-21)24(29)19-8-7-16-4-1-2-5-18(16)14-19/h3,6-14,23,28-29H,1-2,4-5,15H2/b24-22-. The number of phenolic OH excluding ortho intramolecular Hbond substituents is 1. The fourth-order valence-electron chi connectivity index (χ4n) is 4.65. The number of benzene rings is 2. The monoisotopic (exact) mass is 445 g/mol. The van der Waals surface area contributed by atoms with Gasteiger partial charge in [0.15, 0.2) is 0 Å². The minimum absolute atomic E-state index is 0.0907. The fraction of sp³-hybridized carbons (Fsp3) is 0.231. The number of aryl methyl sites for hydroxylation is 2. The van der Waals surface area contributed by atoms with Crippen LogP contribution in [-0.2, 0) is 29.0 Å². The van der Waals surface area contributed by atoms with Gasteiger partial charge in [-0.1, -0.05) is 30.3 Å². The number of hydrogen-bond acceptors (Lipinski definition) is 5. The number of thiophene rings is 1. The van der Waals surface area contributed by atoms with Crippen LogP contribution in [0.15, 0.2) is 65.6 Å². The van der Waals surface area contributed by atoms with E-state index >= 15 is 0 Å². The summed E-state index contributed by atoms with van der Waals surface area (Å²) in [5.41, 5.74) is 3.78. The van der Waals surface area contributed by atoms with Crippen LogP contribution in [0.5, 0.6) is 5.75 Å². The third kappa shape index (κ3) is 3.60. The van der Waals surface area contributed by atoms with E-state index in [0.717, 1.165) is 30.6 Å². The summed E-state index contributed by atoms with van der Waals surface area (Å²) >= 11 is 1.51. The zero-order chi connectivity index (χ0) is 22.2. The maximum atomic E-state index is 13.1. The summed E-state index contributed by atoms with van der Waals surface area (Å²) < 4.78 is 0. The molecular weight excluding hydrogens is 422 g/mol. The van der Waals surface area contributed by atoms with Crippen LogP contribution in [0.3, 0.4) is 0 Å². The van der Waals surface area contributed by atoms with Crippen molar-refractivity contribution < 1.29 is 19.8 Å². The Morgan fingerprint density at radius 1 is 1.00 bits per heavy atom. The van der Waals surface area contributed by atoms with E-state index in [1.165, 1.54) is 39.5 Å². The van der Waals surface area contributed by atoms with Crippen molar-refractivity contribution in [1.29, 1.82) is 0 Å². The Morgan fingerprint density at radius 2 is 1.75 bits per heavy atom. The molecule has 0 saturated carbocycles. The van der Waals surface area contributed by atoms with Crippen LogP contribution >= 0.6 is 11.3 Å². The number of likely N-dealkylation sites (tertiary alicyclic amines) is 1. The van der Waals surface area contributed by atoms with Crippen molar-refractivity contribution in [3.63, 3.8) is 0 Å². The Kier molecular flexibility index (Phi) is 5.31. The molecule has 1 aliphatic heterocycles. The number of phenols is 1. The number of carbonyl (C=O) groups is 2. The van der Waals surface area contributed by atoms with Crippen molar-refractivity contribution in [3.05, 3.63) is 92.7 Å². The Bertz CT molecular complexity index is 1210. The van der Waals surface area contributed by atoms with Crippen molar-refractivity contribution in [3.8, 4) is 5.75 Å². The number of aliphatic hydroxyl groups excluding tert-OH is 1. The van der Waals surface area contributed by atoms with E-state index in [2.05, 4.69) is 0 Å². The van der Waals surface area contributed by atoms with E-state index in [4.69, 9.17) is 0 Å². The molecule has 0 radical (unpaired) electrons. The van der Waals surface area contributed by atoms with Gasteiger partial charge in [-0.3, -0.25) is 9.59 Å². The second-order valence-electron chi connectivity index (χ2n) is 8.29. The molecule has 1 aliphatic carbocycles. The minimum Gasteiger partial charge on any atom is -0.508 e. The van der Waals surface area contributed by atoms with Gasteiger partial charge in [0.2, 0.25) is 0 Å². The molecule has 3 aromatic rings. The summed E-state index contributed by atoms with van der Waals surface area (Å²) in [6, 6.07) is 15.3. The van der Waals surface area contributed by atoms with Crippen molar-refractivity contribution >= 4 is 28.8 Å². The number of nitrogens with zero attached hydrogens (tertiary/aromatic N) is 1. The number of ketones is 1. The zero-order valence-corrected chi connectivity index (χ0v) is 18.3. The number of hydrogen-bond donors (Lipinski definition) is 2. The molecule has 5 rings (SSSR count). The summed E-state index contributed by atoms with van der Waals surface area (Å²) in [6.07, 6.45) is 4.24. The third-order valence-corrected chi connectivity index (χ3v) is 7.14. The third-order valence-electron chi connectivity index (χ3n) is 6.28. The van der Waals surface area contributed by atoms with Crippen LogP contribution in [-0.4, -0.2) is 26.8 Å². The van der Waals surface area contributed by atoms with Crippen LogP contribution in [0.1, 0.15) is 46.0 Å². The first-order chi connectivity index (χ1) is 15.5. The van der Waals surface area contributed by atoms with Crippen LogP contribution < -0.4 is 0 Å². The fourth-order valence-corrected chi connectivity index (χ4v) is 5.36. The average molecular weight is 446 g/mol. The van der Waals surface area contributed by atoms with Gasteiger partial charge in [0.05, 0.1) is 18.2 Å². The Balaban J connectivity index is 1.63. The summed E-state index contributed by atoms with van der Waals surface area (Å²) in [7, 11) is 0. The highest BCUT2D eigenvalue weighted by Gasteiger charge is 2.46. The molecule has 1 amide bonds. The Hall–Kier alpha value is -3.38. The van der Waals surface area contributed by atoms with E-state index in [1.807, 2.05) is 35.7 Å². The maximum Gasteiger partial charge on any atom is 0.295 e. The summed E-state index contributed by atoms with van der Waals surface area (Å²) in [5, 5.41) is 22.9. The number of aromatic hydroxyl groups is 1. The largest absolute Gasteiger partial charge is 0.508 e. The molecule has 1 atom stereocenters. The second kappa shape index (κ2) is 8.28. The van der Waals surface area contributed by atoms with Crippen molar-refractivity contribution in [2.45, 2.75) is 38.3 Å². The lowest BCUT2D eigenvalue weighted by atomic mass is 9.88. The van der Waals surface area contributed by atoms with Gasteiger partial charge in [-0.15, -0.1) is 11.3 Å². The smallest absolute Gasteiger partial charge is 0.295 e. The summed E-state index contributed by atoms with van der Waals surface area (Å²) in [4.78, 5) is 28.6. The summed E-state index contributed by atoms with van der Waals surface area (Å²) in [6.45, 7) is 0.273. The predicted octanol–water partition coefficient (Wildman–Crippen LogP) is 4.95. The van der Waals surface area contributed by atoms with E-state index in [0.29, 0.717) is 11.1 Å². The number of Topliss-reactive ketones (excluding diaryl/α,β-unsaturated/α-hetero) is 1. The first kappa shape index (κ1) is 20.5. The lowest BCUT2D eigenvalue weighted by molar-refractivity contribution is -0.140. The first-order valence-electron chi connectivity index (χ1n) is 10.7. The second-order valence-corrected chi connectivity index (χ2v) is 9.32. The van der Waals surface area contributed by atoms with Crippen molar-refractivity contribution in [2.24, 2.45) is 0 Å². The lowest BCUT2D eigenvalue weighted by Gasteiger charge is -2.25. The Labute approximate surface area is 190 Å². The molecule has 6 heteroatoms. The van der Waals surface area contributed by atoms with Gasteiger partial charge < -0.3 is 15.1 Å². The van der Waals surface area contributed by atoms with Crippen LogP contribution in [0.25, 0.3) is 5.76 Å². The van der Waals surface area contributed by atoms with Crippen LogP contribution in [0.4, 0.5) is 0 Å². The molecule has 1 aromatic heterocycles. The molecule has 32 heavy (non-hydrogen) atoms. The van der Waals surface area contributed by atoms with Gasteiger partial charge in [-0.05, 0) is 72.0 Å². The molecule has 162 valence electrons. The van der Waals surface area contributed by atoms with Gasteiger partial charge in [-0.25, -0.2) is 0 Å². The minimum atomic E-state index is -0.728. The van der Waals surface area contributed by atoms with Crippen LogP contribution in [0, 0.1) is 0 Å². The van der Waals surface area contributed by atoms with Gasteiger partial charge >= 0.3 is 0 Å². The molecule has 2 aromatic carbocycles. The molecule has 2 heterocycles. The number of amides is 1. The highest BCUT2D eigenvalue weighted by Crippen LogP contribution is 2.41. The van der Waals surface area contributed by atoms with E-state index in [-0.39, 0.29) is 23.6 Å². The average Bonchev–Trinajstić information content (AvgIpc) is 3.41. The van der Waals surface area contributed by atoms with E-state index < -0.39 is 17.7 Å². The van der Waals surface area contributed by atoms with Crippen molar-refractivity contribution in [2.75, 3.05) is 0 Å². The van der Waals surface area contributed by atoms with E-state index in [1.54, 1.807) is 12.1 Å². The van der Waals surface area contributed by atoms with Crippen molar-refractivity contribution in [1.82, 2.24) is 4.90 Å². The van der Waals surface area contributed by atoms with Crippen LogP contribution in [0.2, 0.25) is 0 Å². The van der Waals surface area contributed by atoms with Gasteiger partial charge in [0.25, 0.3) is 11.7 Å². The molecule has 5 nitrogen and oxygen atoms in total. The van der Waals surface area contributed by atoms with Gasteiger partial charge in [-0.2, -0.15) is 0 Å². The quantitative estimate of drug-likeness (QED) is 0.338. The molecule has 1 fully saturated rings. The first-order valence-corrected chi connectivity index (χ1v) is 11.6. The molecule has 0 bridgehead atoms. The lowest BCUT2D eigenvalue weighted by Crippen LogP contribution is -2.28. The molecule has 2 N–H and O–H groups in total.